The number of H-pyrrole nitrogens is 1. The van der Waals surface area contributed by atoms with Crippen molar-refractivity contribution in [1.82, 2.24) is 10.3 Å². The Morgan fingerprint density at radius 1 is 1.17 bits per heavy atom. The first-order valence-electron chi connectivity index (χ1n) is 7.24. The topological polar surface area (TPSA) is 83.3 Å². The molecule has 4 N–H and O–H groups in total. The van der Waals surface area contributed by atoms with E-state index in [1.165, 1.54) is 12.3 Å². The van der Waals surface area contributed by atoms with Crippen LogP contribution in [0.2, 0.25) is 0 Å². The minimum atomic E-state index is -0.713. The second kappa shape index (κ2) is 5.16. The lowest BCUT2D eigenvalue weighted by atomic mass is 10.00. The maximum absolute atomic E-state index is 15.1. The van der Waals surface area contributed by atoms with Gasteiger partial charge < -0.3 is 16.0 Å². The minimum Gasteiger partial charge on any atom is -0.399 e. The molecule has 0 bridgehead atoms. The Kier molecular flexibility index (Phi) is 3.09. The van der Waals surface area contributed by atoms with Crippen LogP contribution in [0.15, 0.2) is 41.5 Å². The summed E-state index contributed by atoms with van der Waals surface area (Å²) in [6.45, 7) is -0.00433. The molecule has 0 unspecified atom stereocenters. The number of carbonyl (C=O) groups excluding carboxylic acids is 1. The number of halogens is 2. The molecule has 0 spiro atoms. The SMILES string of the molecule is Nc1ccc(-c2c(F)cc3[nH]cc(C4=NCC(=O)N4)c3c2F)cc1. The molecule has 1 amide bonds. The molecule has 0 aliphatic carbocycles. The largest absolute Gasteiger partial charge is 0.399 e. The molecule has 0 saturated carbocycles. The van der Waals surface area contributed by atoms with Crippen molar-refractivity contribution in [3.05, 3.63) is 53.7 Å². The molecular formula is C17H12F2N4O. The number of hydrogen-bond acceptors (Lipinski definition) is 3. The van der Waals surface area contributed by atoms with Crippen LogP contribution in [0.5, 0.6) is 0 Å². The Bertz CT molecular complexity index is 1010. The van der Waals surface area contributed by atoms with Crippen LogP contribution in [0, 0.1) is 11.6 Å². The fourth-order valence-corrected chi connectivity index (χ4v) is 2.83. The molecule has 120 valence electrons. The molecule has 2 heterocycles. The van der Waals surface area contributed by atoms with Gasteiger partial charge in [0.1, 0.15) is 24.0 Å². The lowest BCUT2D eigenvalue weighted by Gasteiger charge is -2.08. The molecule has 3 aromatic rings. The van der Waals surface area contributed by atoms with E-state index in [1.54, 1.807) is 24.3 Å². The van der Waals surface area contributed by atoms with E-state index in [0.29, 0.717) is 22.3 Å². The first kappa shape index (κ1) is 14.4. The summed E-state index contributed by atoms with van der Waals surface area (Å²) in [6.07, 6.45) is 1.50. The fraction of sp³-hybridized carbons (Fsp3) is 0.0588. The van der Waals surface area contributed by atoms with Crippen molar-refractivity contribution in [3.8, 4) is 11.1 Å². The quantitative estimate of drug-likeness (QED) is 0.633. The highest BCUT2D eigenvalue weighted by Gasteiger charge is 2.23. The van der Waals surface area contributed by atoms with E-state index in [4.69, 9.17) is 5.73 Å². The molecule has 4 rings (SSSR count). The number of benzene rings is 2. The van der Waals surface area contributed by atoms with E-state index >= 15 is 4.39 Å². The molecule has 1 aliphatic rings. The summed E-state index contributed by atoms with van der Waals surface area (Å²) >= 11 is 0. The number of anilines is 1. The van der Waals surface area contributed by atoms with Crippen LogP contribution in [0.25, 0.3) is 22.0 Å². The fourth-order valence-electron chi connectivity index (χ4n) is 2.83. The maximum atomic E-state index is 15.1. The summed E-state index contributed by atoms with van der Waals surface area (Å²) in [7, 11) is 0. The third-order valence-corrected chi connectivity index (χ3v) is 3.95. The van der Waals surface area contributed by atoms with Crippen molar-refractivity contribution in [2.45, 2.75) is 0 Å². The molecule has 0 saturated heterocycles. The summed E-state index contributed by atoms with van der Waals surface area (Å²) in [4.78, 5) is 18.2. The van der Waals surface area contributed by atoms with Gasteiger partial charge in [-0.2, -0.15) is 0 Å². The summed E-state index contributed by atoms with van der Waals surface area (Å²) in [6, 6.07) is 7.51. The zero-order chi connectivity index (χ0) is 16.8. The van der Waals surface area contributed by atoms with Crippen molar-refractivity contribution in [2.24, 2.45) is 4.99 Å². The Morgan fingerprint density at radius 3 is 2.58 bits per heavy atom. The summed E-state index contributed by atoms with van der Waals surface area (Å²) in [5.74, 6) is -1.38. The van der Waals surface area contributed by atoms with Gasteiger partial charge >= 0.3 is 0 Å². The lowest BCUT2D eigenvalue weighted by Crippen LogP contribution is -2.25. The zero-order valence-corrected chi connectivity index (χ0v) is 12.4. The van der Waals surface area contributed by atoms with Crippen molar-refractivity contribution in [2.75, 3.05) is 12.3 Å². The van der Waals surface area contributed by atoms with Crippen molar-refractivity contribution in [1.29, 1.82) is 0 Å². The standard InChI is InChI=1S/C17H12F2N4O/c18-11-5-12-15(10(6-21-12)17-22-7-13(24)23-17)16(19)14(11)8-1-3-9(20)4-2-8/h1-6,21H,7,20H2,(H,22,23,24). The second-order valence-corrected chi connectivity index (χ2v) is 5.51. The number of aromatic amines is 1. The number of nitrogens with two attached hydrogens (primary N) is 1. The van der Waals surface area contributed by atoms with Gasteiger partial charge in [-0.1, -0.05) is 12.1 Å². The number of nitrogens with zero attached hydrogens (tertiary/aromatic N) is 1. The van der Waals surface area contributed by atoms with Gasteiger partial charge in [0, 0.05) is 22.8 Å². The van der Waals surface area contributed by atoms with Crippen LogP contribution < -0.4 is 11.1 Å². The van der Waals surface area contributed by atoms with Crippen molar-refractivity contribution < 1.29 is 13.6 Å². The second-order valence-electron chi connectivity index (χ2n) is 5.51. The first-order valence-corrected chi connectivity index (χ1v) is 7.24. The zero-order valence-electron chi connectivity index (χ0n) is 12.4. The normalized spacial score (nSPS) is 14.1. The molecule has 24 heavy (non-hydrogen) atoms. The van der Waals surface area contributed by atoms with Gasteiger partial charge in [-0.15, -0.1) is 0 Å². The Hall–Kier alpha value is -3.22. The number of aromatic nitrogens is 1. The number of amides is 1. The van der Waals surface area contributed by atoms with Crippen LogP contribution >= 0.6 is 0 Å². The Balaban J connectivity index is 1.95. The van der Waals surface area contributed by atoms with E-state index < -0.39 is 11.6 Å². The minimum absolute atomic E-state index is 0.00433. The van der Waals surface area contributed by atoms with Gasteiger partial charge in [-0.25, -0.2) is 8.78 Å². The Morgan fingerprint density at radius 2 is 1.92 bits per heavy atom. The highest BCUT2D eigenvalue weighted by atomic mass is 19.1. The molecule has 5 nitrogen and oxygen atoms in total. The van der Waals surface area contributed by atoms with Gasteiger partial charge in [0.25, 0.3) is 0 Å². The monoisotopic (exact) mass is 326 g/mol. The van der Waals surface area contributed by atoms with E-state index in [9.17, 15) is 9.18 Å². The average Bonchev–Trinajstić information content (AvgIpc) is 3.15. The van der Waals surface area contributed by atoms with Gasteiger partial charge in [0.2, 0.25) is 5.91 Å². The van der Waals surface area contributed by atoms with Crippen LogP contribution in [0.4, 0.5) is 14.5 Å². The van der Waals surface area contributed by atoms with Crippen molar-refractivity contribution in [3.63, 3.8) is 0 Å². The van der Waals surface area contributed by atoms with Crippen molar-refractivity contribution >= 4 is 28.3 Å². The smallest absolute Gasteiger partial charge is 0.247 e. The number of amidine groups is 1. The average molecular weight is 326 g/mol. The van der Waals surface area contributed by atoms with Crippen LogP contribution in [0.3, 0.4) is 0 Å². The summed E-state index contributed by atoms with van der Waals surface area (Å²) in [5, 5.41) is 2.76. The number of rotatable bonds is 2. The number of fused-ring (bicyclic) bond motifs is 1. The highest BCUT2D eigenvalue weighted by Crippen LogP contribution is 2.34. The van der Waals surface area contributed by atoms with Crippen LogP contribution in [-0.2, 0) is 4.79 Å². The van der Waals surface area contributed by atoms with E-state index in [0.717, 1.165) is 0 Å². The molecular weight excluding hydrogens is 314 g/mol. The van der Waals surface area contributed by atoms with Gasteiger partial charge in [0.05, 0.1) is 11.1 Å². The number of nitrogen functional groups attached to an aromatic ring is 1. The number of carbonyl (C=O) groups is 1. The predicted octanol–water partition coefficient (Wildman–Crippen LogP) is 2.57. The molecule has 7 heteroatoms. The van der Waals surface area contributed by atoms with Crippen LogP contribution in [-0.4, -0.2) is 23.3 Å². The lowest BCUT2D eigenvalue weighted by molar-refractivity contribution is -0.117. The van der Waals surface area contributed by atoms with Gasteiger partial charge in [-0.3, -0.25) is 9.79 Å². The third-order valence-electron chi connectivity index (χ3n) is 3.95. The predicted molar refractivity (Wildman–Crippen MR) is 87.6 cm³/mol. The van der Waals surface area contributed by atoms with Crippen LogP contribution in [0.1, 0.15) is 5.56 Å². The van der Waals surface area contributed by atoms with Gasteiger partial charge in [0.15, 0.2) is 0 Å². The van der Waals surface area contributed by atoms with E-state index in [-0.39, 0.29) is 29.2 Å². The first-order chi connectivity index (χ1) is 11.5. The maximum Gasteiger partial charge on any atom is 0.247 e. The molecule has 0 atom stereocenters. The number of aliphatic imine (C=N–C) groups is 1. The number of hydrogen-bond donors (Lipinski definition) is 3. The van der Waals surface area contributed by atoms with E-state index in [2.05, 4.69) is 15.3 Å². The van der Waals surface area contributed by atoms with Gasteiger partial charge in [-0.05, 0) is 23.8 Å². The summed E-state index contributed by atoms with van der Waals surface area (Å²) < 4.78 is 29.5. The van der Waals surface area contributed by atoms with E-state index in [1.807, 2.05) is 0 Å². The molecule has 1 aromatic heterocycles. The summed E-state index contributed by atoms with van der Waals surface area (Å²) in [5.41, 5.74) is 7.06. The molecule has 2 aromatic carbocycles. The third kappa shape index (κ3) is 2.13. The number of nitrogens with one attached hydrogen (secondary N) is 2. The molecule has 1 aliphatic heterocycles. The molecule has 0 fully saturated rings. The Labute approximate surface area is 135 Å². The highest BCUT2D eigenvalue weighted by molar-refractivity contribution is 6.18. The molecule has 0 radical (unpaired) electrons.